The van der Waals surface area contributed by atoms with Crippen LogP contribution < -0.4 is 5.32 Å². The van der Waals surface area contributed by atoms with E-state index < -0.39 is 0 Å². The average Bonchev–Trinajstić information content (AvgIpc) is 1.96. The van der Waals surface area contributed by atoms with Crippen LogP contribution in [0.4, 0.5) is 0 Å². The molecule has 0 heterocycles. The molecule has 0 aromatic carbocycles. The summed E-state index contributed by atoms with van der Waals surface area (Å²) in [4.78, 5) is 0. The number of hydrogen-bond donors (Lipinski definition) is 1. The Balaban J connectivity index is 3.78. The van der Waals surface area contributed by atoms with Gasteiger partial charge in [0.25, 0.3) is 0 Å². The minimum absolute atomic E-state index is 0.502. The standard InChI is InChI=1S/C10H21NO/c1-8(2)6-12-7-10(11-5)9(3)4/h7-9,11H,6H2,1-5H3/b10-7-. The fourth-order valence-corrected chi connectivity index (χ4v) is 0.814. The van der Waals surface area contributed by atoms with Gasteiger partial charge in [0, 0.05) is 12.7 Å². The minimum Gasteiger partial charge on any atom is -0.499 e. The van der Waals surface area contributed by atoms with E-state index in [0.717, 1.165) is 12.3 Å². The van der Waals surface area contributed by atoms with Gasteiger partial charge >= 0.3 is 0 Å². The van der Waals surface area contributed by atoms with Gasteiger partial charge in [0.1, 0.15) is 6.26 Å². The van der Waals surface area contributed by atoms with Crippen molar-refractivity contribution in [3.05, 3.63) is 12.0 Å². The lowest BCUT2D eigenvalue weighted by Gasteiger charge is -2.11. The molecule has 0 bridgehead atoms. The van der Waals surface area contributed by atoms with Gasteiger partial charge in [-0.05, 0) is 11.8 Å². The molecule has 0 aliphatic carbocycles. The van der Waals surface area contributed by atoms with Crippen LogP contribution in [0.5, 0.6) is 0 Å². The Labute approximate surface area is 76.0 Å². The second-order valence-corrected chi connectivity index (χ2v) is 3.71. The van der Waals surface area contributed by atoms with Crippen molar-refractivity contribution in [2.75, 3.05) is 13.7 Å². The molecule has 0 amide bonds. The van der Waals surface area contributed by atoms with Crippen LogP contribution in [0.15, 0.2) is 12.0 Å². The second-order valence-electron chi connectivity index (χ2n) is 3.71. The number of ether oxygens (including phenoxy) is 1. The maximum Gasteiger partial charge on any atom is 0.102 e. The van der Waals surface area contributed by atoms with Gasteiger partial charge in [-0.15, -0.1) is 0 Å². The van der Waals surface area contributed by atoms with Crippen molar-refractivity contribution in [3.8, 4) is 0 Å². The topological polar surface area (TPSA) is 21.3 Å². The van der Waals surface area contributed by atoms with E-state index in [1.807, 2.05) is 13.3 Å². The molecule has 2 heteroatoms. The van der Waals surface area contributed by atoms with Crippen molar-refractivity contribution in [2.24, 2.45) is 11.8 Å². The van der Waals surface area contributed by atoms with Gasteiger partial charge in [-0.2, -0.15) is 0 Å². The largest absolute Gasteiger partial charge is 0.499 e. The molecule has 12 heavy (non-hydrogen) atoms. The molecule has 0 radical (unpaired) electrons. The number of hydrogen-bond acceptors (Lipinski definition) is 2. The molecule has 0 fully saturated rings. The normalized spacial score (nSPS) is 12.4. The fraction of sp³-hybridized carbons (Fsp3) is 0.800. The van der Waals surface area contributed by atoms with E-state index in [9.17, 15) is 0 Å². The predicted octanol–water partition coefficient (Wildman–Crippen LogP) is 2.38. The Morgan fingerprint density at radius 2 is 1.92 bits per heavy atom. The highest BCUT2D eigenvalue weighted by molar-refractivity contribution is 4.97. The molecule has 72 valence electrons. The first-order chi connectivity index (χ1) is 5.57. The molecule has 0 saturated carbocycles. The van der Waals surface area contributed by atoms with Gasteiger partial charge in [0.15, 0.2) is 0 Å². The van der Waals surface area contributed by atoms with Crippen LogP contribution in [0, 0.1) is 11.8 Å². The van der Waals surface area contributed by atoms with Crippen molar-refractivity contribution in [2.45, 2.75) is 27.7 Å². The van der Waals surface area contributed by atoms with Crippen molar-refractivity contribution < 1.29 is 4.74 Å². The lowest BCUT2D eigenvalue weighted by molar-refractivity contribution is 0.206. The van der Waals surface area contributed by atoms with Crippen LogP contribution in [-0.4, -0.2) is 13.7 Å². The zero-order valence-corrected chi connectivity index (χ0v) is 8.85. The van der Waals surface area contributed by atoms with E-state index >= 15 is 0 Å². The molecule has 0 aromatic heterocycles. The summed E-state index contributed by atoms with van der Waals surface area (Å²) in [5.74, 6) is 1.09. The molecule has 0 unspecified atom stereocenters. The zero-order valence-electron chi connectivity index (χ0n) is 8.85. The van der Waals surface area contributed by atoms with Crippen molar-refractivity contribution in [1.29, 1.82) is 0 Å². The molecule has 2 nitrogen and oxygen atoms in total. The highest BCUT2D eigenvalue weighted by Gasteiger charge is 2.00. The Morgan fingerprint density at radius 1 is 1.33 bits per heavy atom. The molecule has 0 saturated heterocycles. The Hall–Kier alpha value is -0.660. The van der Waals surface area contributed by atoms with Gasteiger partial charge in [0.2, 0.25) is 0 Å². The fourth-order valence-electron chi connectivity index (χ4n) is 0.814. The van der Waals surface area contributed by atoms with Gasteiger partial charge in [-0.1, -0.05) is 27.7 Å². The number of rotatable bonds is 5. The molecule has 0 rings (SSSR count). The summed E-state index contributed by atoms with van der Waals surface area (Å²) >= 11 is 0. The van der Waals surface area contributed by atoms with Crippen molar-refractivity contribution in [3.63, 3.8) is 0 Å². The molecule has 0 aliphatic heterocycles. The third-order valence-electron chi connectivity index (χ3n) is 1.55. The molecule has 0 atom stereocenters. The van der Waals surface area contributed by atoms with Crippen molar-refractivity contribution in [1.82, 2.24) is 5.32 Å². The highest BCUT2D eigenvalue weighted by Crippen LogP contribution is 2.05. The van der Waals surface area contributed by atoms with E-state index in [4.69, 9.17) is 4.74 Å². The van der Waals surface area contributed by atoms with E-state index in [-0.39, 0.29) is 0 Å². The molecule has 0 aliphatic rings. The van der Waals surface area contributed by atoms with E-state index in [2.05, 4.69) is 33.0 Å². The van der Waals surface area contributed by atoms with Crippen LogP contribution in [0.25, 0.3) is 0 Å². The quantitative estimate of drug-likeness (QED) is 0.641. The molecular weight excluding hydrogens is 150 g/mol. The van der Waals surface area contributed by atoms with Gasteiger partial charge < -0.3 is 10.1 Å². The molecule has 0 spiro atoms. The smallest absolute Gasteiger partial charge is 0.102 e. The van der Waals surface area contributed by atoms with Gasteiger partial charge in [-0.3, -0.25) is 0 Å². The number of nitrogens with one attached hydrogen (secondary N) is 1. The summed E-state index contributed by atoms with van der Waals surface area (Å²) in [6.45, 7) is 9.35. The van der Waals surface area contributed by atoms with E-state index in [1.165, 1.54) is 0 Å². The lowest BCUT2D eigenvalue weighted by atomic mass is 10.1. The van der Waals surface area contributed by atoms with Crippen LogP contribution in [0.1, 0.15) is 27.7 Å². The zero-order chi connectivity index (χ0) is 9.56. The summed E-state index contributed by atoms with van der Waals surface area (Å²) < 4.78 is 5.38. The molecular formula is C10H21NO. The summed E-state index contributed by atoms with van der Waals surface area (Å²) in [6, 6.07) is 0. The third-order valence-corrected chi connectivity index (χ3v) is 1.55. The first-order valence-corrected chi connectivity index (χ1v) is 4.57. The Kier molecular flexibility index (Phi) is 5.60. The highest BCUT2D eigenvalue weighted by atomic mass is 16.5. The van der Waals surface area contributed by atoms with Gasteiger partial charge in [0.05, 0.1) is 6.61 Å². The van der Waals surface area contributed by atoms with Crippen LogP contribution >= 0.6 is 0 Å². The Morgan fingerprint density at radius 3 is 2.25 bits per heavy atom. The average molecular weight is 171 g/mol. The number of allylic oxidation sites excluding steroid dienone is 1. The van der Waals surface area contributed by atoms with Crippen LogP contribution in [0.2, 0.25) is 0 Å². The van der Waals surface area contributed by atoms with E-state index in [1.54, 1.807) is 0 Å². The predicted molar refractivity (Wildman–Crippen MR) is 52.8 cm³/mol. The first-order valence-electron chi connectivity index (χ1n) is 4.57. The Bertz CT molecular complexity index is 139. The van der Waals surface area contributed by atoms with Gasteiger partial charge in [-0.25, -0.2) is 0 Å². The second kappa shape index (κ2) is 5.92. The van der Waals surface area contributed by atoms with Crippen LogP contribution in [-0.2, 0) is 4.74 Å². The summed E-state index contributed by atoms with van der Waals surface area (Å²) in [6.07, 6.45) is 1.82. The monoisotopic (exact) mass is 171 g/mol. The molecule has 0 aromatic rings. The minimum atomic E-state index is 0.502. The summed E-state index contributed by atoms with van der Waals surface area (Å²) in [5.41, 5.74) is 1.15. The summed E-state index contributed by atoms with van der Waals surface area (Å²) in [5, 5.41) is 3.11. The third kappa shape index (κ3) is 5.05. The summed E-state index contributed by atoms with van der Waals surface area (Å²) in [7, 11) is 1.92. The molecule has 1 N–H and O–H groups in total. The lowest BCUT2D eigenvalue weighted by Crippen LogP contribution is -2.12. The maximum absolute atomic E-state index is 5.38. The SMILES string of the molecule is CN/C(=C\OCC(C)C)C(C)C. The first kappa shape index (κ1) is 11.3. The van der Waals surface area contributed by atoms with Crippen molar-refractivity contribution >= 4 is 0 Å². The van der Waals surface area contributed by atoms with Crippen LogP contribution in [0.3, 0.4) is 0 Å². The maximum atomic E-state index is 5.38. The van der Waals surface area contributed by atoms with E-state index in [0.29, 0.717) is 11.8 Å².